The number of nitrogens with zero attached hydrogens (tertiary/aromatic N) is 1. The lowest BCUT2D eigenvalue weighted by Crippen LogP contribution is -2.44. The topological polar surface area (TPSA) is 78.9 Å². The molecule has 0 radical (unpaired) electrons. The predicted octanol–water partition coefficient (Wildman–Crippen LogP) is 1.81. The summed E-state index contributed by atoms with van der Waals surface area (Å²) in [4.78, 5) is 12.2. The van der Waals surface area contributed by atoms with Gasteiger partial charge < -0.3 is 11.1 Å². The third kappa shape index (κ3) is 3.33. The van der Waals surface area contributed by atoms with Gasteiger partial charge in [-0.3, -0.25) is 4.79 Å². The molecule has 2 unspecified atom stereocenters. The highest BCUT2D eigenvalue weighted by Gasteiger charge is 2.25. The van der Waals surface area contributed by atoms with Crippen LogP contribution in [-0.2, 0) is 0 Å². The van der Waals surface area contributed by atoms with Gasteiger partial charge in [0.1, 0.15) is 0 Å². The van der Waals surface area contributed by atoms with Crippen molar-refractivity contribution in [1.82, 2.24) is 5.32 Å². The second-order valence-corrected chi connectivity index (χ2v) is 5.05. The second kappa shape index (κ2) is 6.35. The van der Waals surface area contributed by atoms with Crippen molar-refractivity contribution in [2.45, 2.75) is 31.7 Å². The zero-order valence-corrected chi connectivity index (χ0v) is 10.9. The fourth-order valence-electron chi connectivity index (χ4n) is 2.66. The molecule has 1 fully saturated rings. The fraction of sp³-hybridized carbons (Fsp3) is 0.467. The lowest BCUT2D eigenvalue weighted by atomic mass is 9.84. The highest BCUT2D eigenvalue weighted by molar-refractivity contribution is 5.94. The normalized spacial score (nSPS) is 22.5. The summed E-state index contributed by atoms with van der Waals surface area (Å²) in [7, 11) is 0. The molecular formula is C15H19N3O. The lowest BCUT2D eigenvalue weighted by Gasteiger charge is -2.31. The number of carbonyl (C=O) groups is 1. The first-order chi connectivity index (χ1) is 9.24. The first-order valence-corrected chi connectivity index (χ1v) is 6.75. The number of nitriles is 1. The van der Waals surface area contributed by atoms with Crippen LogP contribution in [0, 0.1) is 17.2 Å². The van der Waals surface area contributed by atoms with Gasteiger partial charge in [-0.25, -0.2) is 0 Å². The van der Waals surface area contributed by atoms with Crippen LogP contribution < -0.4 is 11.1 Å². The van der Waals surface area contributed by atoms with Gasteiger partial charge in [0.25, 0.3) is 5.91 Å². The molecule has 4 heteroatoms. The Hall–Kier alpha value is -1.86. The summed E-state index contributed by atoms with van der Waals surface area (Å²) in [5.41, 5.74) is 6.81. The van der Waals surface area contributed by atoms with Crippen LogP contribution in [0.2, 0.25) is 0 Å². The van der Waals surface area contributed by atoms with E-state index in [0.29, 0.717) is 23.6 Å². The Morgan fingerprint density at radius 1 is 1.42 bits per heavy atom. The molecule has 2 rings (SSSR count). The van der Waals surface area contributed by atoms with E-state index in [1.54, 1.807) is 24.3 Å². The van der Waals surface area contributed by atoms with E-state index in [9.17, 15) is 4.79 Å². The molecule has 1 aliphatic rings. The molecule has 2 atom stereocenters. The van der Waals surface area contributed by atoms with Crippen LogP contribution in [0.1, 0.15) is 41.6 Å². The molecule has 3 N–H and O–H groups in total. The van der Waals surface area contributed by atoms with E-state index in [0.717, 1.165) is 19.3 Å². The van der Waals surface area contributed by atoms with E-state index in [-0.39, 0.29) is 11.9 Å². The first-order valence-electron chi connectivity index (χ1n) is 6.75. The molecule has 0 bridgehead atoms. The minimum absolute atomic E-state index is 0.109. The minimum Gasteiger partial charge on any atom is -0.349 e. The highest BCUT2D eigenvalue weighted by atomic mass is 16.1. The van der Waals surface area contributed by atoms with Gasteiger partial charge in [-0.15, -0.1) is 0 Å². The van der Waals surface area contributed by atoms with Crippen molar-refractivity contribution in [2.24, 2.45) is 11.7 Å². The maximum absolute atomic E-state index is 12.2. The van der Waals surface area contributed by atoms with Crippen molar-refractivity contribution in [3.63, 3.8) is 0 Å². The van der Waals surface area contributed by atoms with Crippen LogP contribution in [-0.4, -0.2) is 18.5 Å². The quantitative estimate of drug-likeness (QED) is 0.866. The Morgan fingerprint density at radius 2 is 2.21 bits per heavy atom. The largest absolute Gasteiger partial charge is 0.349 e. The zero-order valence-electron chi connectivity index (χ0n) is 10.9. The van der Waals surface area contributed by atoms with E-state index < -0.39 is 0 Å². The molecule has 1 saturated carbocycles. The summed E-state index contributed by atoms with van der Waals surface area (Å²) in [5, 5.41) is 11.9. The predicted molar refractivity (Wildman–Crippen MR) is 73.4 cm³/mol. The first kappa shape index (κ1) is 13.6. The maximum Gasteiger partial charge on any atom is 0.251 e. The van der Waals surface area contributed by atoms with Gasteiger partial charge in [0, 0.05) is 11.6 Å². The number of carbonyl (C=O) groups excluding carboxylic acids is 1. The van der Waals surface area contributed by atoms with Gasteiger partial charge in [-0.05, 0) is 43.5 Å². The number of amides is 1. The van der Waals surface area contributed by atoms with Gasteiger partial charge in [0.2, 0.25) is 0 Å². The summed E-state index contributed by atoms with van der Waals surface area (Å²) < 4.78 is 0. The Bertz CT molecular complexity index is 492. The number of rotatable bonds is 3. The van der Waals surface area contributed by atoms with Crippen LogP contribution in [0.5, 0.6) is 0 Å². The molecule has 0 aromatic heterocycles. The van der Waals surface area contributed by atoms with Crippen molar-refractivity contribution in [1.29, 1.82) is 5.26 Å². The van der Waals surface area contributed by atoms with Crippen molar-refractivity contribution in [3.8, 4) is 6.07 Å². The molecule has 0 saturated heterocycles. The average molecular weight is 257 g/mol. The second-order valence-electron chi connectivity index (χ2n) is 5.05. The van der Waals surface area contributed by atoms with Gasteiger partial charge >= 0.3 is 0 Å². The zero-order chi connectivity index (χ0) is 13.7. The smallest absolute Gasteiger partial charge is 0.251 e. The van der Waals surface area contributed by atoms with Gasteiger partial charge in [-0.2, -0.15) is 5.26 Å². The Morgan fingerprint density at radius 3 is 2.95 bits per heavy atom. The number of nitrogens with two attached hydrogens (primary N) is 1. The van der Waals surface area contributed by atoms with Crippen LogP contribution in [0.25, 0.3) is 0 Å². The molecule has 100 valence electrons. The molecule has 0 spiro atoms. The van der Waals surface area contributed by atoms with Gasteiger partial charge in [0.15, 0.2) is 0 Å². The summed E-state index contributed by atoms with van der Waals surface area (Å²) in [6, 6.07) is 8.99. The van der Waals surface area contributed by atoms with E-state index in [4.69, 9.17) is 11.0 Å². The number of nitrogens with one attached hydrogen (secondary N) is 1. The lowest BCUT2D eigenvalue weighted by molar-refractivity contribution is 0.0908. The molecule has 1 aromatic carbocycles. The molecule has 1 amide bonds. The van der Waals surface area contributed by atoms with Gasteiger partial charge in [-0.1, -0.05) is 18.9 Å². The number of benzene rings is 1. The molecule has 0 aliphatic heterocycles. The third-order valence-electron chi connectivity index (χ3n) is 3.78. The molecule has 0 heterocycles. The SMILES string of the molecule is N#Cc1cccc(C(=O)NC2CCCCC2CN)c1. The minimum atomic E-state index is -0.109. The van der Waals surface area contributed by atoms with Crippen LogP contribution in [0.3, 0.4) is 0 Å². The summed E-state index contributed by atoms with van der Waals surface area (Å²) >= 11 is 0. The summed E-state index contributed by atoms with van der Waals surface area (Å²) in [6.45, 7) is 0.614. The molecule has 1 aromatic rings. The van der Waals surface area contributed by atoms with Crippen LogP contribution >= 0.6 is 0 Å². The van der Waals surface area contributed by atoms with Crippen molar-refractivity contribution in [2.75, 3.05) is 6.54 Å². The summed E-state index contributed by atoms with van der Waals surface area (Å²) in [5.74, 6) is 0.263. The monoisotopic (exact) mass is 257 g/mol. The van der Waals surface area contributed by atoms with Gasteiger partial charge in [0.05, 0.1) is 11.6 Å². The standard InChI is InChI=1S/C15H19N3O/c16-9-11-4-3-6-12(8-11)15(19)18-14-7-2-1-5-13(14)10-17/h3-4,6,8,13-14H,1-2,5,7,10,17H2,(H,18,19). The average Bonchev–Trinajstić information content (AvgIpc) is 2.47. The summed E-state index contributed by atoms with van der Waals surface area (Å²) in [6.07, 6.45) is 4.41. The number of hydrogen-bond acceptors (Lipinski definition) is 3. The molecule has 19 heavy (non-hydrogen) atoms. The fourth-order valence-corrected chi connectivity index (χ4v) is 2.66. The number of hydrogen-bond donors (Lipinski definition) is 2. The van der Waals surface area contributed by atoms with Crippen molar-refractivity contribution >= 4 is 5.91 Å². The van der Waals surface area contributed by atoms with E-state index in [1.807, 2.05) is 6.07 Å². The Balaban J connectivity index is 2.05. The van der Waals surface area contributed by atoms with E-state index in [2.05, 4.69) is 5.32 Å². The maximum atomic E-state index is 12.2. The van der Waals surface area contributed by atoms with E-state index in [1.165, 1.54) is 6.42 Å². The van der Waals surface area contributed by atoms with Crippen LogP contribution in [0.15, 0.2) is 24.3 Å². The highest BCUT2D eigenvalue weighted by Crippen LogP contribution is 2.23. The van der Waals surface area contributed by atoms with Crippen molar-refractivity contribution < 1.29 is 4.79 Å². The third-order valence-corrected chi connectivity index (χ3v) is 3.78. The van der Waals surface area contributed by atoms with Crippen molar-refractivity contribution in [3.05, 3.63) is 35.4 Å². The Kier molecular flexibility index (Phi) is 4.53. The Labute approximate surface area is 113 Å². The molecule has 1 aliphatic carbocycles. The van der Waals surface area contributed by atoms with E-state index >= 15 is 0 Å². The molecular weight excluding hydrogens is 238 g/mol. The van der Waals surface area contributed by atoms with Crippen LogP contribution in [0.4, 0.5) is 0 Å². The molecule has 4 nitrogen and oxygen atoms in total.